The first-order valence-electron chi connectivity index (χ1n) is 13.3. The summed E-state index contributed by atoms with van der Waals surface area (Å²) >= 11 is 0. The van der Waals surface area contributed by atoms with Crippen molar-refractivity contribution in [2.75, 3.05) is 11.9 Å². The van der Waals surface area contributed by atoms with Crippen LogP contribution >= 0.6 is 0 Å². The molecule has 1 saturated heterocycles. The van der Waals surface area contributed by atoms with E-state index in [4.69, 9.17) is 14.6 Å². The minimum atomic E-state index is -5.10. The summed E-state index contributed by atoms with van der Waals surface area (Å²) in [6, 6.07) is 2.07. The van der Waals surface area contributed by atoms with Crippen molar-refractivity contribution in [1.82, 2.24) is 5.32 Å². The van der Waals surface area contributed by atoms with E-state index in [1.165, 1.54) is 0 Å². The van der Waals surface area contributed by atoms with Gasteiger partial charge in [0, 0.05) is 24.3 Å². The number of hydrogen-bond acceptors (Lipinski definition) is 8. The van der Waals surface area contributed by atoms with Gasteiger partial charge in [-0.15, -0.1) is 0 Å². The van der Waals surface area contributed by atoms with Crippen molar-refractivity contribution < 1.29 is 74.2 Å². The maximum atomic E-state index is 13.5. The van der Waals surface area contributed by atoms with Gasteiger partial charge in [0.25, 0.3) is 0 Å². The molecule has 1 fully saturated rings. The van der Waals surface area contributed by atoms with Gasteiger partial charge in [-0.25, -0.2) is 4.79 Å². The van der Waals surface area contributed by atoms with Crippen molar-refractivity contribution in [2.45, 2.75) is 80.7 Å². The van der Waals surface area contributed by atoms with Crippen LogP contribution in [0.5, 0.6) is 0 Å². The van der Waals surface area contributed by atoms with Crippen LogP contribution < -0.4 is 10.6 Å². The molecule has 0 radical (unpaired) electrons. The Morgan fingerprint density at radius 3 is 2.02 bits per heavy atom. The van der Waals surface area contributed by atoms with Gasteiger partial charge < -0.3 is 40.5 Å². The molecule has 18 heteroatoms. The summed E-state index contributed by atoms with van der Waals surface area (Å²) in [5.74, 6) is -1.64. The van der Waals surface area contributed by atoms with Crippen LogP contribution in [0, 0.1) is 0 Å². The second-order valence-corrected chi connectivity index (χ2v) is 10.6. The van der Waals surface area contributed by atoms with Gasteiger partial charge in [-0.1, -0.05) is 0 Å². The minimum Gasteiger partial charge on any atom is -0.479 e. The van der Waals surface area contributed by atoms with E-state index < -0.39 is 96.1 Å². The lowest BCUT2D eigenvalue weighted by molar-refractivity contribution is -0.294. The Hall–Kier alpha value is -3.16. The van der Waals surface area contributed by atoms with Crippen molar-refractivity contribution in [3.63, 3.8) is 0 Å². The second-order valence-electron chi connectivity index (χ2n) is 10.6. The number of aliphatic hydroxyl groups excluding tert-OH is 3. The number of carbonyl (C=O) groups is 1. The lowest BCUT2D eigenvalue weighted by atomic mass is 9.90. The lowest BCUT2D eigenvalue weighted by Crippen LogP contribution is -2.60. The van der Waals surface area contributed by atoms with Gasteiger partial charge in [0.1, 0.15) is 18.3 Å². The second kappa shape index (κ2) is 12.9. The molecule has 0 bridgehead atoms. The molecular formula is C27H27F9N2O7. The predicted molar refractivity (Wildman–Crippen MR) is 134 cm³/mol. The highest BCUT2D eigenvalue weighted by Crippen LogP contribution is 2.40. The third kappa shape index (κ3) is 8.17. The van der Waals surface area contributed by atoms with Gasteiger partial charge in [0.15, 0.2) is 12.4 Å². The van der Waals surface area contributed by atoms with Gasteiger partial charge in [-0.2, -0.15) is 39.5 Å². The summed E-state index contributed by atoms with van der Waals surface area (Å²) in [6.45, 7) is -0.852. The number of hydrogen-bond donors (Lipinski definition) is 6. The fraction of sp³-hybridized carbons (Fsp3) is 0.519. The number of halogens is 9. The van der Waals surface area contributed by atoms with Crippen LogP contribution in [0.1, 0.15) is 46.7 Å². The molecule has 4 rings (SSSR count). The van der Waals surface area contributed by atoms with Crippen LogP contribution in [-0.2, 0) is 39.3 Å². The van der Waals surface area contributed by atoms with Crippen LogP contribution in [0.15, 0.2) is 36.4 Å². The quantitative estimate of drug-likeness (QED) is 0.231. The van der Waals surface area contributed by atoms with Gasteiger partial charge in [0.2, 0.25) is 0 Å². The molecule has 0 aromatic heterocycles. The van der Waals surface area contributed by atoms with E-state index in [9.17, 15) is 59.6 Å². The maximum absolute atomic E-state index is 13.5. The zero-order valence-corrected chi connectivity index (χ0v) is 22.7. The number of alkyl halides is 9. The molecule has 0 spiro atoms. The molecule has 250 valence electrons. The first kappa shape index (κ1) is 34.7. The molecule has 7 atom stereocenters. The smallest absolute Gasteiger partial charge is 0.416 e. The van der Waals surface area contributed by atoms with Gasteiger partial charge in [0.05, 0.1) is 23.3 Å². The van der Waals surface area contributed by atoms with Gasteiger partial charge in [-0.05, 0) is 60.4 Å². The molecule has 6 N–H and O–H groups in total. The zero-order chi connectivity index (χ0) is 33.5. The van der Waals surface area contributed by atoms with E-state index >= 15 is 0 Å². The van der Waals surface area contributed by atoms with Crippen molar-refractivity contribution in [3.8, 4) is 0 Å². The number of anilines is 1. The summed E-state index contributed by atoms with van der Waals surface area (Å²) in [6.07, 6.45) is -24.2. The SMILES string of the molecule is O=C(O)C1OC(OCC[C@@H]2C[C@H](NCc3cc(C(F)(F)F)cc(C(F)(F)F)c3)c3cc(C(F)(F)F)ccc3N2)C(O)C(O)C1O. The van der Waals surface area contributed by atoms with E-state index in [1.54, 1.807) is 0 Å². The summed E-state index contributed by atoms with van der Waals surface area (Å²) < 4.78 is 131. The van der Waals surface area contributed by atoms with Crippen LogP contribution in [0.25, 0.3) is 0 Å². The fourth-order valence-corrected chi connectivity index (χ4v) is 5.11. The number of ether oxygens (including phenoxy) is 2. The molecule has 2 aromatic rings. The first-order valence-corrected chi connectivity index (χ1v) is 13.3. The predicted octanol–water partition coefficient (Wildman–Crippen LogP) is 4.06. The normalized spacial score (nSPS) is 27.5. The number of aliphatic hydroxyl groups is 3. The van der Waals surface area contributed by atoms with E-state index in [0.717, 1.165) is 18.2 Å². The highest BCUT2D eigenvalue weighted by atomic mass is 19.4. The average molecular weight is 663 g/mol. The van der Waals surface area contributed by atoms with Crippen LogP contribution in [-0.4, -0.2) is 69.8 Å². The Bertz CT molecular complexity index is 1340. The molecule has 2 heterocycles. The molecule has 5 unspecified atom stereocenters. The number of aliphatic carboxylic acids is 1. The van der Waals surface area contributed by atoms with Crippen LogP contribution in [0.3, 0.4) is 0 Å². The molecule has 45 heavy (non-hydrogen) atoms. The largest absolute Gasteiger partial charge is 0.479 e. The summed E-state index contributed by atoms with van der Waals surface area (Å²) in [5, 5.41) is 44.7. The Kier molecular flexibility index (Phi) is 9.96. The highest BCUT2D eigenvalue weighted by Gasteiger charge is 2.47. The molecule has 2 aliphatic rings. The fourth-order valence-electron chi connectivity index (χ4n) is 5.11. The van der Waals surface area contributed by atoms with Crippen LogP contribution in [0.2, 0.25) is 0 Å². The van der Waals surface area contributed by atoms with Crippen molar-refractivity contribution in [3.05, 3.63) is 64.2 Å². The number of fused-ring (bicyclic) bond motifs is 1. The molecule has 0 aliphatic carbocycles. The molecular weight excluding hydrogens is 635 g/mol. The van der Waals surface area contributed by atoms with E-state index in [-0.39, 0.29) is 36.8 Å². The molecule has 2 aliphatic heterocycles. The standard InChI is InChI=1S/C27H27F9N2O7/c28-25(29,30)12-1-2-17-16(8-12)18(37-10-11-5-13(26(31,32)33)7-14(6-11)27(34,35)36)9-15(38-17)3-4-44-24-21(41)19(39)20(40)22(45-24)23(42)43/h1-2,5-8,15,18-22,24,37-41H,3-4,9-10H2,(H,42,43)/t15-,18+,19?,20?,21?,22?,24?/m1/s1. The lowest BCUT2D eigenvalue weighted by Gasteiger charge is -2.39. The summed E-state index contributed by atoms with van der Waals surface area (Å²) in [4.78, 5) is 11.3. The third-order valence-electron chi connectivity index (χ3n) is 7.40. The van der Waals surface area contributed by atoms with Gasteiger partial charge >= 0.3 is 24.5 Å². The van der Waals surface area contributed by atoms with E-state index in [2.05, 4.69) is 10.6 Å². The topological polar surface area (TPSA) is 141 Å². The summed E-state index contributed by atoms with van der Waals surface area (Å²) in [5.41, 5.74) is -4.31. The molecule has 0 amide bonds. The van der Waals surface area contributed by atoms with Gasteiger partial charge in [-0.3, -0.25) is 0 Å². The third-order valence-corrected chi connectivity index (χ3v) is 7.40. The molecule has 9 nitrogen and oxygen atoms in total. The number of carboxylic acids is 1. The number of rotatable bonds is 8. The Morgan fingerprint density at radius 1 is 0.867 bits per heavy atom. The molecule has 2 aromatic carbocycles. The minimum absolute atomic E-state index is 0.0311. The van der Waals surface area contributed by atoms with E-state index in [1.807, 2.05) is 0 Å². The van der Waals surface area contributed by atoms with Crippen molar-refractivity contribution >= 4 is 11.7 Å². The van der Waals surface area contributed by atoms with Crippen molar-refractivity contribution in [1.29, 1.82) is 0 Å². The first-order chi connectivity index (χ1) is 20.8. The monoisotopic (exact) mass is 662 g/mol. The Balaban J connectivity index is 1.53. The maximum Gasteiger partial charge on any atom is 0.416 e. The Morgan fingerprint density at radius 2 is 1.47 bits per heavy atom. The molecule has 0 saturated carbocycles. The summed E-state index contributed by atoms with van der Waals surface area (Å²) in [7, 11) is 0. The average Bonchev–Trinajstić information content (AvgIpc) is 2.93. The Labute approximate surface area is 248 Å². The van der Waals surface area contributed by atoms with E-state index in [0.29, 0.717) is 12.1 Å². The number of nitrogens with one attached hydrogen (secondary N) is 2. The highest BCUT2D eigenvalue weighted by molar-refractivity contribution is 5.73. The number of carboxylic acid groups (broad SMARTS) is 1. The van der Waals surface area contributed by atoms with Crippen molar-refractivity contribution in [2.24, 2.45) is 0 Å². The number of benzene rings is 2. The zero-order valence-electron chi connectivity index (χ0n) is 22.7. The van der Waals surface area contributed by atoms with Crippen LogP contribution in [0.4, 0.5) is 45.2 Å².